The molecule has 0 aliphatic heterocycles. The van der Waals surface area contributed by atoms with Gasteiger partial charge in [-0.05, 0) is 41.0 Å². The predicted molar refractivity (Wildman–Crippen MR) is 130 cm³/mol. The second kappa shape index (κ2) is 12.6. The topological polar surface area (TPSA) is 71.1 Å². The molecule has 0 saturated carbocycles. The Morgan fingerprint density at radius 1 is 0.735 bits per heavy atom. The zero-order chi connectivity index (χ0) is 24.2. The minimum absolute atomic E-state index is 0.168. The lowest BCUT2D eigenvalue weighted by atomic mass is 10.1. The van der Waals surface area contributed by atoms with Gasteiger partial charge in [-0.3, -0.25) is 0 Å². The lowest BCUT2D eigenvalue weighted by Gasteiger charge is -2.19. The summed E-state index contributed by atoms with van der Waals surface area (Å²) in [4.78, 5) is 24.8. The van der Waals surface area contributed by atoms with Crippen LogP contribution in [0.15, 0.2) is 91.0 Å². The van der Waals surface area contributed by atoms with Crippen molar-refractivity contribution in [3.63, 3.8) is 0 Å². The molecule has 0 radical (unpaired) electrons. The van der Waals surface area contributed by atoms with Gasteiger partial charge in [0.05, 0.1) is 14.2 Å². The van der Waals surface area contributed by atoms with Gasteiger partial charge in [-0.2, -0.15) is 0 Å². The van der Waals surface area contributed by atoms with Crippen LogP contribution in [0.5, 0.6) is 11.5 Å². The Morgan fingerprint density at radius 2 is 1.29 bits per heavy atom. The van der Waals surface area contributed by atoms with Crippen molar-refractivity contribution in [3.8, 4) is 11.5 Å². The first-order chi connectivity index (χ1) is 16.6. The number of esters is 2. The second-order valence-corrected chi connectivity index (χ2v) is 7.16. The summed E-state index contributed by atoms with van der Waals surface area (Å²) in [6.45, 7) is -0.168. The fourth-order valence-electron chi connectivity index (χ4n) is 3.09. The number of carbonyl (C=O) groups is 2. The van der Waals surface area contributed by atoms with Crippen molar-refractivity contribution >= 4 is 24.1 Å². The first-order valence-electron chi connectivity index (χ1n) is 10.6. The van der Waals surface area contributed by atoms with Crippen molar-refractivity contribution in [3.05, 3.63) is 108 Å². The smallest absolute Gasteiger partial charge is 0.331 e. The lowest BCUT2D eigenvalue weighted by Crippen LogP contribution is -2.17. The molecule has 174 valence electrons. The van der Waals surface area contributed by atoms with E-state index in [1.807, 2.05) is 60.7 Å². The zero-order valence-corrected chi connectivity index (χ0v) is 19.0. The van der Waals surface area contributed by atoms with Crippen molar-refractivity contribution < 1.29 is 28.5 Å². The highest BCUT2D eigenvalue weighted by Gasteiger charge is 2.20. The van der Waals surface area contributed by atoms with E-state index in [1.165, 1.54) is 26.4 Å². The van der Waals surface area contributed by atoms with Gasteiger partial charge in [-0.1, -0.05) is 66.7 Å². The van der Waals surface area contributed by atoms with Gasteiger partial charge < -0.3 is 18.9 Å². The van der Waals surface area contributed by atoms with Gasteiger partial charge in [0.15, 0.2) is 17.6 Å². The van der Waals surface area contributed by atoms with Crippen molar-refractivity contribution in [2.24, 2.45) is 0 Å². The van der Waals surface area contributed by atoms with E-state index in [4.69, 9.17) is 18.9 Å². The number of ether oxygens (including phenoxy) is 4. The number of rotatable bonds is 10. The highest BCUT2D eigenvalue weighted by molar-refractivity contribution is 5.88. The molecule has 6 heteroatoms. The molecule has 3 aromatic carbocycles. The third-order valence-corrected chi connectivity index (χ3v) is 4.84. The van der Waals surface area contributed by atoms with E-state index in [0.717, 1.165) is 11.1 Å². The second-order valence-electron chi connectivity index (χ2n) is 7.16. The van der Waals surface area contributed by atoms with Crippen LogP contribution in [0, 0.1) is 0 Å². The van der Waals surface area contributed by atoms with Crippen molar-refractivity contribution in [2.45, 2.75) is 6.10 Å². The van der Waals surface area contributed by atoms with Gasteiger partial charge in [0.1, 0.15) is 6.61 Å². The first-order valence-corrected chi connectivity index (χ1v) is 10.6. The van der Waals surface area contributed by atoms with Crippen LogP contribution in [-0.4, -0.2) is 32.8 Å². The summed E-state index contributed by atoms with van der Waals surface area (Å²) in [5.41, 5.74) is 2.33. The standard InChI is InChI=1S/C28H26O6/c1-31-24-16-15-23(19-25(24)32-2)26(34-28(30)18-14-22-11-7-4-8-12-22)20-33-27(29)17-13-21-9-5-3-6-10-21/h3-19,26H,20H2,1-2H3/b17-13?,18-14+/t26-/m0/s1. The largest absolute Gasteiger partial charge is 0.493 e. The Morgan fingerprint density at radius 3 is 1.85 bits per heavy atom. The molecule has 0 fully saturated rings. The third kappa shape index (κ3) is 7.38. The lowest BCUT2D eigenvalue weighted by molar-refractivity contribution is -0.153. The van der Waals surface area contributed by atoms with Crippen molar-refractivity contribution in [1.29, 1.82) is 0 Å². The van der Waals surface area contributed by atoms with E-state index in [1.54, 1.807) is 30.4 Å². The summed E-state index contributed by atoms with van der Waals surface area (Å²) >= 11 is 0. The summed E-state index contributed by atoms with van der Waals surface area (Å²) in [6.07, 6.45) is 5.13. The van der Waals surface area contributed by atoms with Crippen LogP contribution >= 0.6 is 0 Å². The Bertz CT molecular complexity index is 1140. The maximum Gasteiger partial charge on any atom is 0.331 e. The van der Waals surface area contributed by atoms with E-state index in [-0.39, 0.29) is 6.61 Å². The quantitative estimate of drug-likeness (QED) is 0.305. The average Bonchev–Trinajstić information content (AvgIpc) is 2.89. The molecule has 3 rings (SSSR count). The molecule has 0 bridgehead atoms. The van der Waals surface area contributed by atoms with Gasteiger partial charge in [-0.15, -0.1) is 0 Å². The van der Waals surface area contributed by atoms with E-state index in [0.29, 0.717) is 17.1 Å². The van der Waals surface area contributed by atoms with Crippen LogP contribution in [-0.2, 0) is 19.1 Å². The van der Waals surface area contributed by atoms with Crippen LogP contribution in [0.4, 0.5) is 0 Å². The molecular weight excluding hydrogens is 432 g/mol. The molecule has 0 aliphatic carbocycles. The van der Waals surface area contributed by atoms with Crippen LogP contribution in [0.25, 0.3) is 12.2 Å². The van der Waals surface area contributed by atoms with Gasteiger partial charge >= 0.3 is 11.9 Å². The average molecular weight is 459 g/mol. The van der Waals surface area contributed by atoms with Gasteiger partial charge in [0, 0.05) is 12.2 Å². The Labute approximate surface area is 199 Å². The highest BCUT2D eigenvalue weighted by Crippen LogP contribution is 2.31. The summed E-state index contributed by atoms with van der Waals surface area (Å²) < 4.78 is 21.6. The van der Waals surface area contributed by atoms with Crippen molar-refractivity contribution in [1.82, 2.24) is 0 Å². The molecule has 0 amide bonds. The van der Waals surface area contributed by atoms with E-state index >= 15 is 0 Å². The maximum absolute atomic E-state index is 12.5. The molecule has 0 aliphatic rings. The number of hydrogen-bond donors (Lipinski definition) is 0. The first kappa shape index (κ1) is 24.3. The SMILES string of the molecule is COc1ccc([C@H](COC(=O)C=Cc2ccccc2)OC(=O)/C=C/c2ccccc2)cc1OC. The van der Waals surface area contributed by atoms with Gasteiger partial charge in [0.25, 0.3) is 0 Å². The van der Waals surface area contributed by atoms with Crippen LogP contribution in [0.3, 0.4) is 0 Å². The van der Waals surface area contributed by atoms with Crippen LogP contribution in [0.2, 0.25) is 0 Å². The molecule has 0 saturated heterocycles. The summed E-state index contributed by atoms with van der Waals surface area (Å²) in [5.74, 6) is -0.121. The van der Waals surface area contributed by atoms with Crippen LogP contribution < -0.4 is 9.47 Å². The zero-order valence-electron chi connectivity index (χ0n) is 19.0. The van der Waals surface area contributed by atoms with E-state index in [9.17, 15) is 9.59 Å². The molecule has 3 aromatic rings. The molecule has 0 aromatic heterocycles. The Hall–Kier alpha value is -4.32. The molecule has 34 heavy (non-hydrogen) atoms. The maximum atomic E-state index is 12.5. The third-order valence-electron chi connectivity index (χ3n) is 4.84. The minimum Gasteiger partial charge on any atom is -0.493 e. The van der Waals surface area contributed by atoms with E-state index in [2.05, 4.69) is 0 Å². The van der Waals surface area contributed by atoms with Gasteiger partial charge in [0.2, 0.25) is 0 Å². The molecule has 0 N–H and O–H groups in total. The molecule has 1 atom stereocenters. The van der Waals surface area contributed by atoms with Crippen molar-refractivity contribution in [2.75, 3.05) is 20.8 Å². The predicted octanol–water partition coefficient (Wildman–Crippen LogP) is 5.26. The summed E-state index contributed by atoms with van der Waals surface area (Å²) in [7, 11) is 3.05. The normalized spacial score (nSPS) is 11.8. The summed E-state index contributed by atoms with van der Waals surface area (Å²) in [6, 6.07) is 23.9. The molecule has 0 heterocycles. The fraction of sp³-hybridized carbons (Fsp3) is 0.143. The van der Waals surface area contributed by atoms with E-state index < -0.39 is 18.0 Å². The monoisotopic (exact) mass is 458 g/mol. The molecule has 6 nitrogen and oxygen atoms in total. The Balaban J connectivity index is 1.73. The molecular formula is C28H26O6. The number of benzene rings is 3. The molecule has 0 unspecified atom stereocenters. The minimum atomic E-state index is -0.846. The Kier molecular flexibility index (Phi) is 9.05. The van der Waals surface area contributed by atoms with Crippen LogP contribution in [0.1, 0.15) is 22.8 Å². The highest BCUT2D eigenvalue weighted by atomic mass is 16.6. The number of hydrogen-bond acceptors (Lipinski definition) is 6. The molecule has 0 spiro atoms. The number of methoxy groups -OCH3 is 2. The summed E-state index contributed by atoms with van der Waals surface area (Å²) in [5, 5.41) is 0. The van der Waals surface area contributed by atoms with Gasteiger partial charge in [-0.25, -0.2) is 9.59 Å². The number of carbonyl (C=O) groups excluding carboxylic acids is 2. The fourth-order valence-corrected chi connectivity index (χ4v) is 3.09.